The summed E-state index contributed by atoms with van der Waals surface area (Å²) in [5.74, 6) is 0.788. The van der Waals surface area contributed by atoms with Gasteiger partial charge in [0.25, 0.3) is 11.6 Å². The van der Waals surface area contributed by atoms with Gasteiger partial charge in [-0.15, -0.1) is 0 Å². The van der Waals surface area contributed by atoms with Gasteiger partial charge in [0.2, 0.25) is 0 Å². The second kappa shape index (κ2) is 6.31. The fraction of sp³-hybridized carbons (Fsp3) is 0.444. The Morgan fingerprint density at radius 3 is 2.44 bits per heavy atom. The predicted molar refractivity (Wildman–Crippen MR) is 92.4 cm³/mol. The smallest absolute Gasteiger partial charge is 0.259 e. The summed E-state index contributed by atoms with van der Waals surface area (Å²) in [5.41, 5.74) is 4.14. The van der Waals surface area contributed by atoms with Gasteiger partial charge in [0.15, 0.2) is 0 Å². The van der Waals surface area contributed by atoms with Crippen molar-refractivity contribution >= 4 is 17.0 Å². The fourth-order valence-electron chi connectivity index (χ4n) is 2.82. The van der Waals surface area contributed by atoms with E-state index in [1.807, 2.05) is 40.7 Å². The van der Waals surface area contributed by atoms with Crippen molar-refractivity contribution in [1.29, 1.82) is 0 Å². The molecule has 0 N–H and O–H groups in total. The normalized spacial score (nSPS) is 11.5. The SMILES string of the molecule is Cc1noc(C)c1CN(C)C(=O)c1cc(C(C)C)nc2onc(C)c12. The molecule has 7 heteroatoms. The van der Waals surface area contributed by atoms with E-state index in [-0.39, 0.29) is 11.8 Å². The highest BCUT2D eigenvalue weighted by Gasteiger charge is 2.23. The van der Waals surface area contributed by atoms with Gasteiger partial charge >= 0.3 is 0 Å². The van der Waals surface area contributed by atoms with E-state index in [0.717, 1.165) is 22.7 Å². The van der Waals surface area contributed by atoms with E-state index < -0.39 is 0 Å². The molecule has 0 spiro atoms. The van der Waals surface area contributed by atoms with Gasteiger partial charge in [0, 0.05) is 18.3 Å². The molecule has 0 atom stereocenters. The molecule has 3 aromatic heterocycles. The average molecular weight is 342 g/mol. The van der Waals surface area contributed by atoms with Gasteiger partial charge in [-0.05, 0) is 32.8 Å². The maximum absolute atomic E-state index is 13.1. The zero-order valence-corrected chi connectivity index (χ0v) is 15.4. The molecule has 0 bridgehead atoms. The van der Waals surface area contributed by atoms with Gasteiger partial charge in [0.05, 0.1) is 28.9 Å². The average Bonchev–Trinajstić information content (AvgIpc) is 3.10. The topological polar surface area (TPSA) is 85.3 Å². The molecular weight excluding hydrogens is 320 g/mol. The van der Waals surface area contributed by atoms with Crippen molar-refractivity contribution < 1.29 is 13.8 Å². The molecule has 7 nitrogen and oxygen atoms in total. The van der Waals surface area contributed by atoms with E-state index in [9.17, 15) is 4.79 Å². The monoisotopic (exact) mass is 342 g/mol. The van der Waals surface area contributed by atoms with Gasteiger partial charge in [-0.2, -0.15) is 0 Å². The molecule has 0 saturated carbocycles. The number of fused-ring (bicyclic) bond motifs is 1. The number of hydrogen-bond donors (Lipinski definition) is 0. The number of amides is 1. The van der Waals surface area contributed by atoms with Crippen molar-refractivity contribution in [2.24, 2.45) is 0 Å². The molecule has 3 aromatic rings. The maximum atomic E-state index is 13.1. The molecule has 25 heavy (non-hydrogen) atoms. The highest BCUT2D eigenvalue weighted by atomic mass is 16.5. The number of pyridine rings is 1. The van der Waals surface area contributed by atoms with E-state index in [4.69, 9.17) is 9.05 Å². The summed E-state index contributed by atoms with van der Waals surface area (Å²) >= 11 is 0. The molecule has 3 heterocycles. The first-order valence-corrected chi connectivity index (χ1v) is 8.23. The Kier molecular flexibility index (Phi) is 4.32. The number of carbonyl (C=O) groups excluding carboxylic acids is 1. The zero-order valence-electron chi connectivity index (χ0n) is 15.4. The summed E-state index contributed by atoms with van der Waals surface area (Å²) in [6.45, 7) is 10.0. The Morgan fingerprint density at radius 2 is 1.84 bits per heavy atom. The van der Waals surface area contributed by atoms with Gasteiger partial charge in [-0.25, -0.2) is 4.98 Å². The third-order valence-corrected chi connectivity index (χ3v) is 4.38. The van der Waals surface area contributed by atoms with Gasteiger partial charge in [-0.1, -0.05) is 24.2 Å². The molecule has 0 fully saturated rings. The molecule has 0 aromatic carbocycles. The molecule has 132 valence electrons. The Balaban J connectivity index is 2.02. The molecule has 0 unspecified atom stereocenters. The fourth-order valence-corrected chi connectivity index (χ4v) is 2.82. The minimum Gasteiger partial charge on any atom is -0.361 e. The zero-order chi connectivity index (χ0) is 18.3. The number of hydrogen-bond acceptors (Lipinski definition) is 6. The van der Waals surface area contributed by atoms with E-state index >= 15 is 0 Å². The molecule has 1 amide bonds. The molecule has 3 rings (SSSR count). The highest BCUT2D eigenvalue weighted by Crippen LogP contribution is 2.26. The van der Waals surface area contributed by atoms with Crippen LogP contribution >= 0.6 is 0 Å². The lowest BCUT2D eigenvalue weighted by Crippen LogP contribution is -2.27. The summed E-state index contributed by atoms with van der Waals surface area (Å²) in [4.78, 5) is 19.2. The largest absolute Gasteiger partial charge is 0.361 e. The van der Waals surface area contributed by atoms with E-state index in [0.29, 0.717) is 28.9 Å². The van der Waals surface area contributed by atoms with Crippen LogP contribution in [0.3, 0.4) is 0 Å². The highest BCUT2D eigenvalue weighted by molar-refractivity contribution is 6.05. The standard InChI is InChI=1S/C18H22N4O3/c1-9(2)15-7-13(16-11(4)21-25-17(16)19-15)18(23)22(6)8-14-10(3)20-24-12(14)5/h7,9H,8H2,1-6H3. The Bertz CT molecular complexity index is 920. The molecule has 0 radical (unpaired) electrons. The number of nitrogens with zero attached hydrogens (tertiary/aromatic N) is 4. The molecular formula is C18H22N4O3. The van der Waals surface area contributed by atoms with Crippen molar-refractivity contribution in [3.05, 3.63) is 40.0 Å². The third kappa shape index (κ3) is 3.01. The van der Waals surface area contributed by atoms with E-state index in [1.54, 1.807) is 11.9 Å². The summed E-state index contributed by atoms with van der Waals surface area (Å²) in [6, 6.07) is 1.84. The Morgan fingerprint density at radius 1 is 1.16 bits per heavy atom. The van der Waals surface area contributed by atoms with Crippen molar-refractivity contribution in [3.8, 4) is 0 Å². The second-order valence-electron chi connectivity index (χ2n) is 6.66. The number of aromatic nitrogens is 3. The molecule has 0 saturated heterocycles. The minimum atomic E-state index is -0.111. The van der Waals surface area contributed by atoms with Crippen LogP contribution < -0.4 is 0 Å². The Hall–Kier alpha value is -2.70. The van der Waals surface area contributed by atoms with E-state index in [1.165, 1.54) is 0 Å². The number of aryl methyl sites for hydroxylation is 3. The van der Waals surface area contributed by atoms with Crippen LogP contribution in [0.1, 0.15) is 58.5 Å². The lowest BCUT2D eigenvalue weighted by Gasteiger charge is -2.18. The molecule has 0 aliphatic heterocycles. The van der Waals surface area contributed by atoms with Crippen LogP contribution in [0.15, 0.2) is 15.1 Å². The quantitative estimate of drug-likeness (QED) is 0.721. The summed E-state index contributed by atoms with van der Waals surface area (Å²) in [6.07, 6.45) is 0. The number of carbonyl (C=O) groups is 1. The second-order valence-corrected chi connectivity index (χ2v) is 6.66. The molecule has 0 aliphatic carbocycles. The predicted octanol–water partition coefficient (Wildman–Crippen LogP) is 3.53. The summed E-state index contributed by atoms with van der Waals surface area (Å²) < 4.78 is 10.5. The van der Waals surface area contributed by atoms with Gasteiger partial charge in [-0.3, -0.25) is 4.79 Å². The van der Waals surface area contributed by atoms with Crippen molar-refractivity contribution in [1.82, 2.24) is 20.2 Å². The van der Waals surface area contributed by atoms with Crippen LogP contribution in [0.2, 0.25) is 0 Å². The van der Waals surface area contributed by atoms with Crippen LogP contribution in [0.4, 0.5) is 0 Å². The Labute approximate surface area is 146 Å². The van der Waals surface area contributed by atoms with Gasteiger partial charge < -0.3 is 13.9 Å². The number of rotatable bonds is 4. The first-order chi connectivity index (χ1) is 11.8. The van der Waals surface area contributed by atoms with E-state index in [2.05, 4.69) is 15.3 Å². The minimum absolute atomic E-state index is 0.111. The van der Waals surface area contributed by atoms with Crippen LogP contribution in [0.25, 0.3) is 11.1 Å². The lowest BCUT2D eigenvalue weighted by molar-refractivity contribution is 0.0786. The third-order valence-electron chi connectivity index (χ3n) is 4.38. The first-order valence-electron chi connectivity index (χ1n) is 8.23. The summed E-state index contributed by atoms with van der Waals surface area (Å²) in [7, 11) is 1.76. The first kappa shape index (κ1) is 17.1. The summed E-state index contributed by atoms with van der Waals surface area (Å²) in [5, 5.41) is 8.58. The lowest BCUT2D eigenvalue weighted by atomic mass is 10.0. The van der Waals surface area contributed by atoms with Crippen LogP contribution in [0, 0.1) is 20.8 Å². The van der Waals surface area contributed by atoms with Crippen molar-refractivity contribution in [2.45, 2.75) is 47.1 Å². The van der Waals surface area contributed by atoms with Crippen LogP contribution in [-0.4, -0.2) is 33.2 Å². The van der Waals surface area contributed by atoms with Crippen molar-refractivity contribution in [2.75, 3.05) is 7.05 Å². The van der Waals surface area contributed by atoms with Crippen LogP contribution in [0.5, 0.6) is 0 Å². The van der Waals surface area contributed by atoms with Gasteiger partial charge in [0.1, 0.15) is 5.76 Å². The molecule has 0 aliphatic rings. The maximum Gasteiger partial charge on any atom is 0.259 e. The van der Waals surface area contributed by atoms with Crippen LogP contribution in [-0.2, 0) is 6.54 Å². The van der Waals surface area contributed by atoms with Crippen molar-refractivity contribution in [3.63, 3.8) is 0 Å².